The molecule has 188 valence electrons. The summed E-state index contributed by atoms with van der Waals surface area (Å²) in [5.41, 5.74) is 1.76. The molecule has 1 aliphatic rings. The van der Waals surface area contributed by atoms with Crippen molar-refractivity contribution in [3.63, 3.8) is 0 Å². The van der Waals surface area contributed by atoms with Crippen molar-refractivity contribution in [3.8, 4) is 5.75 Å². The number of unbranched alkanes of at least 4 members (excludes halogenated alkanes) is 2. The molecule has 1 saturated carbocycles. The van der Waals surface area contributed by atoms with E-state index in [2.05, 4.69) is 42.1 Å². The molecule has 0 spiro atoms. The van der Waals surface area contributed by atoms with Crippen LogP contribution in [-0.4, -0.2) is 52.5 Å². The summed E-state index contributed by atoms with van der Waals surface area (Å²) in [5.74, 6) is 1.39. The van der Waals surface area contributed by atoms with Crippen molar-refractivity contribution in [2.45, 2.75) is 78.2 Å². The van der Waals surface area contributed by atoms with Crippen molar-refractivity contribution in [1.29, 1.82) is 0 Å². The summed E-state index contributed by atoms with van der Waals surface area (Å²) in [6, 6.07) is 5.91. The van der Waals surface area contributed by atoms with Gasteiger partial charge in [0.15, 0.2) is 0 Å². The van der Waals surface area contributed by atoms with Crippen LogP contribution in [0, 0.1) is 12.8 Å². The number of hydrogen-bond donors (Lipinski definition) is 2. The van der Waals surface area contributed by atoms with Crippen LogP contribution in [0.2, 0.25) is 0 Å². The topological polar surface area (TPSA) is 93.7 Å². The molecule has 2 N–H and O–H groups in total. The molecule has 1 aromatic carbocycles. The second kappa shape index (κ2) is 12.7. The maximum absolute atomic E-state index is 12.7. The molecular weight excluding hydrogens is 440 g/mol. The highest BCUT2D eigenvalue weighted by Crippen LogP contribution is 2.34. The van der Waals surface area contributed by atoms with Crippen LogP contribution in [0.5, 0.6) is 5.75 Å². The Hall–Kier alpha value is -1.64. The lowest BCUT2D eigenvalue weighted by atomic mass is 9.78. The molecule has 0 amide bonds. The van der Waals surface area contributed by atoms with Crippen LogP contribution < -0.4 is 14.8 Å². The van der Waals surface area contributed by atoms with Gasteiger partial charge in [0.1, 0.15) is 5.75 Å². The van der Waals surface area contributed by atoms with Crippen LogP contribution in [0.15, 0.2) is 18.2 Å². The quantitative estimate of drug-likeness (QED) is 0.276. The van der Waals surface area contributed by atoms with Gasteiger partial charge >= 0.3 is 5.97 Å². The highest BCUT2D eigenvalue weighted by molar-refractivity contribution is 7.89. The fourth-order valence-corrected chi connectivity index (χ4v) is 5.03. The van der Waals surface area contributed by atoms with E-state index in [4.69, 9.17) is 9.47 Å². The van der Waals surface area contributed by atoms with Crippen LogP contribution in [0.25, 0.3) is 0 Å². The van der Waals surface area contributed by atoms with Crippen molar-refractivity contribution in [1.82, 2.24) is 10.0 Å². The van der Waals surface area contributed by atoms with E-state index in [0.29, 0.717) is 25.5 Å². The predicted molar refractivity (Wildman–Crippen MR) is 132 cm³/mol. The Morgan fingerprint density at radius 3 is 2.61 bits per heavy atom. The van der Waals surface area contributed by atoms with Crippen molar-refractivity contribution >= 4 is 16.0 Å². The number of sulfonamides is 1. The Bertz CT molecular complexity index is 866. The molecule has 0 heterocycles. The van der Waals surface area contributed by atoms with Crippen LogP contribution in [0.4, 0.5) is 0 Å². The molecule has 2 rings (SSSR count). The summed E-state index contributed by atoms with van der Waals surface area (Å²) < 4.78 is 39.1. The minimum absolute atomic E-state index is 0.0922. The normalized spacial score (nSPS) is 15.3. The van der Waals surface area contributed by atoms with Crippen molar-refractivity contribution < 1.29 is 22.7 Å². The SMILES string of the molecule is CCOC(=O)CNCCCCCS(=O)(=O)NC(C)C(C)(C)c1ccc(C)c(OCC2CC2)c1. The third-order valence-electron chi connectivity index (χ3n) is 6.38. The molecule has 0 radical (unpaired) electrons. The maximum Gasteiger partial charge on any atom is 0.319 e. The maximum atomic E-state index is 12.7. The first-order valence-electron chi connectivity index (χ1n) is 12.2. The lowest BCUT2D eigenvalue weighted by Gasteiger charge is -2.33. The first kappa shape index (κ1) is 27.6. The standard InChI is InChI=1S/C25H42N2O5S/c1-6-31-24(28)17-26-14-8-7-9-15-33(29,30)27-20(3)25(4,5)22-13-10-19(2)23(16-22)32-18-21-11-12-21/h10,13,16,20-21,26-27H,6-9,11-12,14-15,17-18H2,1-5H3. The molecule has 1 aromatic rings. The zero-order valence-corrected chi connectivity index (χ0v) is 21.7. The number of nitrogens with one attached hydrogen (secondary N) is 2. The molecule has 1 aliphatic carbocycles. The van der Waals surface area contributed by atoms with Gasteiger partial charge in [0.05, 0.1) is 25.5 Å². The Labute approximate surface area is 200 Å². The number of hydrogen-bond acceptors (Lipinski definition) is 6. The van der Waals surface area contributed by atoms with Gasteiger partial charge < -0.3 is 14.8 Å². The average Bonchev–Trinajstić information content (AvgIpc) is 3.56. The molecule has 33 heavy (non-hydrogen) atoms. The lowest BCUT2D eigenvalue weighted by Crippen LogP contribution is -2.46. The Morgan fingerprint density at radius 2 is 1.94 bits per heavy atom. The van der Waals surface area contributed by atoms with Gasteiger partial charge in [-0.05, 0) is 76.1 Å². The van der Waals surface area contributed by atoms with Crippen LogP contribution >= 0.6 is 0 Å². The summed E-state index contributed by atoms with van der Waals surface area (Å²) in [6.45, 7) is 11.8. The Morgan fingerprint density at radius 1 is 1.21 bits per heavy atom. The van der Waals surface area contributed by atoms with E-state index < -0.39 is 15.4 Å². The molecule has 8 heteroatoms. The minimum atomic E-state index is -3.39. The van der Waals surface area contributed by atoms with Gasteiger partial charge in [-0.3, -0.25) is 4.79 Å². The van der Waals surface area contributed by atoms with Gasteiger partial charge in [-0.1, -0.05) is 32.4 Å². The largest absolute Gasteiger partial charge is 0.493 e. The van der Waals surface area contributed by atoms with Gasteiger partial charge in [-0.15, -0.1) is 0 Å². The number of benzene rings is 1. The van der Waals surface area contributed by atoms with Gasteiger partial charge in [0.25, 0.3) is 0 Å². The van der Waals surface area contributed by atoms with Crippen molar-refractivity contribution in [3.05, 3.63) is 29.3 Å². The molecule has 7 nitrogen and oxygen atoms in total. The van der Waals surface area contributed by atoms with Gasteiger partial charge in [0.2, 0.25) is 10.0 Å². The van der Waals surface area contributed by atoms with Crippen LogP contribution in [0.3, 0.4) is 0 Å². The molecule has 1 unspecified atom stereocenters. The highest BCUT2D eigenvalue weighted by atomic mass is 32.2. The fraction of sp³-hybridized carbons (Fsp3) is 0.720. The summed E-state index contributed by atoms with van der Waals surface area (Å²) >= 11 is 0. The summed E-state index contributed by atoms with van der Waals surface area (Å²) in [6.07, 6.45) is 4.64. The molecule has 0 bridgehead atoms. The highest BCUT2D eigenvalue weighted by Gasteiger charge is 2.31. The molecule has 0 saturated heterocycles. The van der Waals surface area contributed by atoms with E-state index in [9.17, 15) is 13.2 Å². The third kappa shape index (κ3) is 9.63. The third-order valence-corrected chi connectivity index (χ3v) is 7.92. The average molecular weight is 483 g/mol. The van der Waals surface area contributed by atoms with E-state index in [1.807, 2.05) is 13.8 Å². The van der Waals surface area contributed by atoms with Gasteiger partial charge in [-0.25, -0.2) is 13.1 Å². The summed E-state index contributed by atoms with van der Waals surface area (Å²) in [7, 11) is -3.39. The van der Waals surface area contributed by atoms with E-state index >= 15 is 0 Å². The van der Waals surface area contributed by atoms with E-state index in [-0.39, 0.29) is 24.3 Å². The van der Waals surface area contributed by atoms with Gasteiger partial charge in [-0.2, -0.15) is 0 Å². The Balaban J connectivity index is 1.79. The smallest absolute Gasteiger partial charge is 0.319 e. The van der Waals surface area contributed by atoms with E-state index in [0.717, 1.165) is 36.3 Å². The predicted octanol–water partition coefficient (Wildman–Crippen LogP) is 3.69. The minimum Gasteiger partial charge on any atom is -0.493 e. The van der Waals surface area contributed by atoms with Crippen LogP contribution in [0.1, 0.15) is 70.9 Å². The number of esters is 1. The number of aryl methyl sites for hydroxylation is 1. The number of rotatable bonds is 16. The van der Waals surface area contributed by atoms with Crippen molar-refractivity contribution in [2.24, 2.45) is 5.92 Å². The van der Waals surface area contributed by atoms with Crippen LogP contribution in [-0.2, 0) is 25.0 Å². The first-order valence-corrected chi connectivity index (χ1v) is 13.8. The second-order valence-corrected chi connectivity index (χ2v) is 11.5. The van der Waals surface area contributed by atoms with Crippen molar-refractivity contribution in [2.75, 3.05) is 32.1 Å². The zero-order valence-electron chi connectivity index (χ0n) is 20.9. The van der Waals surface area contributed by atoms with E-state index in [1.54, 1.807) is 6.92 Å². The molecule has 0 aromatic heterocycles. The monoisotopic (exact) mass is 482 g/mol. The van der Waals surface area contributed by atoms with E-state index in [1.165, 1.54) is 12.8 Å². The molecule has 0 aliphatic heterocycles. The summed E-state index contributed by atoms with van der Waals surface area (Å²) in [5, 5.41) is 3.01. The molecular formula is C25H42N2O5S. The Kier molecular flexibility index (Phi) is 10.6. The first-order chi connectivity index (χ1) is 15.5. The lowest BCUT2D eigenvalue weighted by molar-refractivity contribution is -0.141. The van der Waals surface area contributed by atoms with Gasteiger partial charge in [0, 0.05) is 11.5 Å². The zero-order chi connectivity index (χ0) is 24.5. The number of carbonyl (C=O) groups is 1. The number of ether oxygens (including phenoxy) is 2. The fourth-order valence-electron chi connectivity index (χ4n) is 3.50. The summed E-state index contributed by atoms with van der Waals surface area (Å²) in [4.78, 5) is 11.3. The second-order valence-electron chi connectivity index (χ2n) is 9.66. The molecule has 1 fully saturated rings. The number of carbonyl (C=O) groups excluding carboxylic acids is 1. The molecule has 1 atom stereocenters.